The van der Waals surface area contributed by atoms with E-state index in [0.717, 1.165) is 51.4 Å². The summed E-state index contributed by atoms with van der Waals surface area (Å²) < 4.78 is 5.41. The highest BCUT2D eigenvalue weighted by atomic mass is 16.5. The second-order valence-electron chi connectivity index (χ2n) is 19.6. The van der Waals surface area contributed by atoms with E-state index in [4.69, 9.17) is 4.74 Å². The highest BCUT2D eigenvalue weighted by Gasteiger charge is 2.20. The summed E-state index contributed by atoms with van der Waals surface area (Å²) in [5.41, 5.74) is 0. The minimum atomic E-state index is -0.666. The third kappa shape index (κ3) is 49.8. The molecule has 6 heteroatoms. The Morgan fingerprint density at radius 2 is 0.781 bits per heavy atom. The number of carbonyl (C=O) groups is 2. The van der Waals surface area contributed by atoms with Crippen LogP contribution in [0.15, 0.2) is 24.3 Å². The first-order valence-corrected chi connectivity index (χ1v) is 28.6. The summed E-state index contributed by atoms with van der Waals surface area (Å²) >= 11 is 0. The van der Waals surface area contributed by atoms with Crippen molar-refractivity contribution in [2.24, 2.45) is 0 Å². The predicted molar refractivity (Wildman–Crippen MR) is 278 cm³/mol. The molecule has 378 valence electrons. The number of hydrogen-bond acceptors (Lipinski definition) is 5. The van der Waals surface area contributed by atoms with E-state index in [1.54, 1.807) is 0 Å². The molecule has 0 bridgehead atoms. The predicted octanol–water partition coefficient (Wildman–Crippen LogP) is 17.5. The summed E-state index contributed by atoms with van der Waals surface area (Å²) in [4.78, 5) is 24.4. The molecule has 0 radical (unpaired) electrons. The number of allylic oxidation sites excluding steroid dienone is 3. The molecule has 0 aromatic carbocycles. The van der Waals surface area contributed by atoms with Crippen LogP contribution in [0.1, 0.15) is 309 Å². The number of hydrogen-bond donors (Lipinski definition) is 3. The zero-order valence-corrected chi connectivity index (χ0v) is 43.0. The van der Waals surface area contributed by atoms with Gasteiger partial charge in [0.1, 0.15) is 0 Å². The van der Waals surface area contributed by atoms with Gasteiger partial charge in [-0.25, -0.2) is 0 Å². The van der Waals surface area contributed by atoms with Crippen LogP contribution in [0.2, 0.25) is 0 Å². The van der Waals surface area contributed by atoms with Crippen molar-refractivity contribution in [3.05, 3.63) is 24.3 Å². The molecule has 0 aliphatic rings. The maximum atomic E-state index is 12.5. The van der Waals surface area contributed by atoms with Crippen molar-refractivity contribution in [1.82, 2.24) is 5.32 Å². The Morgan fingerprint density at radius 3 is 1.19 bits per heavy atom. The zero-order chi connectivity index (χ0) is 46.5. The molecule has 0 aromatic rings. The highest BCUT2D eigenvalue weighted by Crippen LogP contribution is 2.17. The Balaban J connectivity index is 3.44. The smallest absolute Gasteiger partial charge is 0.305 e. The Kier molecular flexibility index (Phi) is 52.6. The van der Waals surface area contributed by atoms with E-state index in [0.29, 0.717) is 25.9 Å². The molecule has 0 fully saturated rings. The Hall–Kier alpha value is -1.66. The Bertz CT molecular complexity index is 997. The molecule has 2 unspecified atom stereocenters. The molecule has 0 aliphatic carbocycles. The van der Waals surface area contributed by atoms with Crippen molar-refractivity contribution in [1.29, 1.82) is 0 Å². The summed E-state index contributed by atoms with van der Waals surface area (Å²) in [5, 5.41) is 23.2. The number of nitrogens with one attached hydrogen (secondary N) is 1. The number of aliphatic hydroxyl groups is 2. The van der Waals surface area contributed by atoms with Crippen LogP contribution in [-0.4, -0.2) is 47.4 Å². The molecular formula is C58H111NO5. The lowest BCUT2D eigenvalue weighted by Crippen LogP contribution is -2.45. The molecule has 0 spiro atoms. The SMILES string of the molecule is CCCCCCCCCCCCCCCC(=O)OCC/C=C\C/C=C\CCCCCCCCCCCCCCCCC(=O)NC(CO)C(O)CCCCCCCCCCCCCCC. The Morgan fingerprint density at radius 1 is 0.438 bits per heavy atom. The summed E-state index contributed by atoms with van der Waals surface area (Å²) in [5.74, 6) is -0.0727. The van der Waals surface area contributed by atoms with Gasteiger partial charge >= 0.3 is 5.97 Å². The summed E-state index contributed by atoms with van der Waals surface area (Å²) in [7, 11) is 0. The zero-order valence-electron chi connectivity index (χ0n) is 43.0. The fraction of sp³-hybridized carbons (Fsp3) is 0.897. The second-order valence-corrected chi connectivity index (χ2v) is 19.6. The molecule has 0 aromatic heterocycles. The first-order valence-electron chi connectivity index (χ1n) is 28.6. The van der Waals surface area contributed by atoms with E-state index in [1.807, 2.05) is 0 Å². The van der Waals surface area contributed by atoms with Crippen LogP contribution in [0.3, 0.4) is 0 Å². The second kappa shape index (κ2) is 54.0. The number of rotatable bonds is 53. The van der Waals surface area contributed by atoms with E-state index in [2.05, 4.69) is 43.5 Å². The third-order valence-electron chi connectivity index (χ3n) is 13.3. The monoisotopic (exact) mass is 902 g/mol. The minimum absolute atomic E-state index is 0.0336. The van der Waals surface area contributed by atoms with Gasteiger partial charge in [-0.3, -0.25) is 9.59 Å². The maximum absolute atomic E-state index is 12.5. The van der Waals surface area contributed by atoms with Crippen LogP contribution in [0, 0.1) is 0 Å². The molecule has 0 rings (SSSR count). The van der Waals surface area contributed by atoms with Gasteiger partial charge in [-0.1, -0.05) is 276 Å². The van der Waals surface area contributed by atoms with Crippen molar-refractivity contribution >= 4 is 11.9 Å². The highest BCUT2D eigenvalue weighted by molar-refractivity contribution is 5.76. The average Bonchev–Trinajstić information content (AvgIpc) is 3.29. The molecule has 64 heavy (non-hydrogen) atoms. The molecule has 3 N–H and O–H groups in total. The first kappa shape index (κ1) is 62.3. The van der Waals surface area contributed by atoms with E-state index < -0.39 is 12.1 Å². The van der Waals surface area contributed by atoms with Crippen molar-refractivity contribution in [2.45, 2.75) is 321 Å². The quantitative estimate of drug-likeness (QED) is 0.0321. The van der Waals surface area contributed by atoms with Gasteiger partial charge in [-0.2, -0.15) is 0 Å². The molecule has 0 aliphatic heterocycles. The van der Waals surface area contributed by atoms with Gasteiger partial charge in [0.2, 0.25) is 5.91 Å². The maximum Gasteiger partial charge on any atom is 0.305 e. The molecule has 2 atom stereocenters. The first-order chi connectivity index (χ1) is 31.5. The number of carbonyl (C=O) groups excluding carboxylic acids is 2. The van der Waals surface area contributed by atoms with Crippen LogP contribution in [0.25, 0.3) is 0 Å². The lowest BCUT2D eigenvalue weighted by atomic mass is 10.0. The number of aliphatic hydroxyl groups excluding tert-OH is 2. The lowest BCUT2D eigenvalue weighted by molar-refractivity contribution is -0.143. The van der Waals surface area contributed by atoms with Crippen LogP contribution in [0.4, 0.5) is 0 Å². The normalized spacial score (nSPS) is 12.8. The lowest BCUT2D eigenvalue weighted by Gasteiger charge is -2.22. The van der Waals surface area contributed by atoms with Gasteiger partial charge in [0.25, 0.3) is 0 Å². The van der Waals surface area contributed by atoms with Gasteiger partial charge < -0.3 is 20.3 Å². The van der Waals surface area contributed by atoms with E-state index in [1.165, 1.54) is 225 Å². The fourth-order valence-corrected chi connectivity index (χ4v) is 8.89. The van der Waals surface area contributed by atoms with Crippen molar-refractivity contribution in [3.63, 3.8) is 0 Å². The van der Waals surface area contributed by atoms with Crippen LogP contribution in [0.5, 0.6) is 0 Å². The summed E-state index contributed by atoms with van der Waals surface area (Å²) in [6, 6.07) is -0.544. The average molecular weight is 903 g/mol. The van der Waals surface area contributed by atoms with E-state index >= 15 is 0 Å². The fourth-order valence-electron chi connectivity index (χ4n) is 8.89. The van der Waals surface area contributed by atoms with Crippen molar-refractivity contribution < 1.29 is 24.5 Å². The van der Waals surface area contributed by atoms with Gasteiger partial charge in [-0.05, 0) is 44.9 Å². The number of unbranched alkanes of at least 4 members (excludes halogenated alkanes) is 38. The van der Waals surface area contributed by atoms with Crippen molar-refractivity contribution in [3.8, 4) is 0 Å². The summed E-state index contributed by atoms with van der Waals surface area (Å²) in [6.07, 6.45) is 64.7. The van der Waals surface area contributed by atoms with Crippen LogP contribution >= 0.6 is 0 Å². The van der Waals surface area contributed by atoms with Crippen molar-refractivity contribution in [2.75, 3.05) is 13.2 Å². The van der Waals surface area contributed by atoms with Gasteiger partial charge in [0.15, 0.2) is 0 Å². The van der Waals surface area contributed by atoms with Gasteiger partial charge in [-0.15, -0.1) is 0 Å². The third-order valence-corrected chi connectivity index (χ3v) is 13.3. The molecule has 0 saturated carbocycles. The molecular weight excluding hydrogens is 791 g/mol. The van der Waals surface area contributed by atoms with Gasteiger partial charge in [0, 0.05) is 12.8 Å². The van der Waals surface area contributed by atoms with Crippen LogP contribution < -0.4 is 5.32 Å². The van der Waals surface area contributed by atoms with Gasteiger partial charge in [0.05, 0.1) is 25.4 Å². The largest absolute Gasteiger partial charge is 0.465 e. The Labute approximate surface area is 399 Å². The number of esters is 1. The molecule has 0 saturated heterocycles. The molecule has 0 heterocycles. The van der Waals surface area contributed by atoms with Crippen LogP contribution in [-0.2, 0) is 14.3 Å². The van der Waals surface area contributed by atoms with E-state index in [-0.39, 0.29) is 18.5 Å². The topological polar surface area (TPSA) is 95.9 Å². The molecule has 1 amide bonds. The van der Waals surface area contributed by atoms with E-state index in [9.17, 15) is 19.8 Å². The summed E-state index contributed by atoms with van der Waals surface area (Å²) in [6.45, 7) is 4.85. The number of amides is 1. The molecule has 6 nitrogen and oxygen atoms in total. The standard InChI is InChI=1S/C58H111NO5/c1-3-5-7-9-11-13-15-26-30-34-38-42-46-50-56(61)55(54-60)59-57(62)51-47-43-39-35-31-28-24-22-20-18-17-19-21-23-25-29-33-37-41-45-49-53-64-58(63)52-48-44-40-36-32-27-16-14-12-10-8-6-4-2/h29,33,41,45,55-56,60-61H,3-28,30-32,34-40,42-44,46-54H2,1-2H3,(H,59,62)/b33-29-,45-41-. The minimum Gasteiger partial charge on any atom is -0.465 e. The number of ether oxygens (including phenoxy) is 1.